The van der Waals surface area contributed by atoms with Gasteiger partial charge in [-0.1, -0.05) is 66.7 Å². The third kappa shape index (κ3) is 5.37. The van der Waals surface area contributed by atoms with Crippen molar-refractivity contribution in [2.45, 2.75) is 18.9 Å². The van der Waals surface area contributed by atoms with E-state index in [0.717, 1.165) is 16.3 Å². The number of nitrogens with one attached hydrogen (secondary N) is 3. The lowest BCUT2D eigenvalue weighted by molar-refractivity contribution is 0.0648. The van der Waals surface area contributed by atoms with Gasteiger partial charge in [-0.15, -0.1) is 0 Å². The molecular weight excluding hydrogens is 498 g/mol. The summed E-state index contributed by atoms with van der Waals surface area (Å²) in [5.74, 6) is -1.00. The van der Waals surface area contributed by atoms with Crippen LogP contribution in [-0.4, -0.2) is 45.3 Å². The third-order valence-electron chi connectivity index (χ3n) is 6.42. The van der Waals surface area contributed by atoms with Crippen LogP contribution in [0.25, 0.3) is 10.8 Å². The molecule has 0 saturated heterocycles. The van der Waals surface area contributed by atoms with Crippen molar-refractivity contribution >= 4 is 45.8 Å². The molecule has 5 rings (SSSR count). The molecule has 0 saturated carbocycles. The number of hydrazine groups is 1. The van der Waals surface area contributed by atoms with Crippen molar-refractivity contribution in [2.75, 3.05) is 6.54 Å². The van der Waals surface area contributed by atoms with Gasteiger partial charge in [0.05, 0.1) is 11.1 Å². The minimum Gasteiger partial charge on any atom is -0.358 e. The highest BCUT2D eigenvalue weighted by molar-refractivity contribution is 7.80. The van der Waals surface area contributed by atoms with Gasteiger partial charge in [-0.2, -0.15) is 0 Å². The molecule has 9 heteroatoms. The molecule has 3 N–H and O–H groups in total. The van der Waals surface area contributed by atoms with Crippen LogP contribution in [0, 0.1) is 0 Å². The molecule has 0 spiro atoms. The molecule has 1 aliphatic heterocycles. The van der Waals surface area contributed by atoms with Crippen molar-refractivity contribution in [3.8, 4) is 0 Å². The molecule has 0 unspecified atom stereocenters. The minimum absolute atomic E-state index is 0.210. The largest absolute Gasteiger partial charge is 0.358 e. The topological polar surface area (TPSA) is 103 Å². The van der Waals surface area contributed by atoms with Crippen molar-refractivity contribution in [1.82, 2.24) is 26.1 Å². The molecule has 0 radical (unpaired) electrons. The second-order valence-electron chi connectivity index (χ2n) is 8.92. The SMILES string of the molecule is O=C(NNC(=S)N[C@@H](CCN1C(=O)c2ccccc2C1=O)Cc1ccccc1)c1nccc2ccccc12. The van der Waals surface area contributed by atoms with E-state index >= 15 is 0 Å². The maximum atomic E-state index is 12.8. The Morgan fingerprint density at radius 1 is 0.842 bits per heavy atom. The smallest absolute Gasteiger partial charge is 0.288 e. The van der Waals surface area contributed by atoms with E-state index in [2.05, 4.69) is 21.2 Å². The number of aromatic nitrogens is 1. The monoisotopic (exact) mass is 523 g/mol. The quantitative estimate of drug-likeness (QED) is 0.193. The molecule has 1 aliphatic rings. The molecule has 190 valence electrons. The summed E-state index contributed by atoms with van der Waals surface area (Å²) < 4.78 is 0. The van der Waals surface area contributed by atoms with E-state index in [1.165, 1.54) is 4.90 Å². The summed E-state index contributed by atoms with van der Waals surface area (Å²) in [4.78, 5) is 43.9. The molecule has 1 aromatic heterocycles. The normalized spacial score (nSPS) is 13.2. The van der Waals surface area contributed by atoms with Gasteiger partial charge in [0.15, 0.2) is 5.11 Å². The van der Waals surface area contributed by atoms with Gasteiger partial charge in [-0.3, -0.25) is 35.1 Å². The Bertz CT molecular complexity index is 1480. The number of thiocarbonyl (C=S) groups is 1. The Labute approximate surface area is 225 Å². The molecule has 0 bridgehead atoms. The van der Waals surface area contributed by atoms with Gasteiger partial charge < -0.3 is 5.32 Å². The van der Waals surface area contributed by atoms with E-state index in [0.29, 0.717) is 24.0 Å². The zero-order valence-electron chi connectivity index (χ0n) is 20.4. The van der Waals surface area contributed by atoms with Crippen LogP contribution in [0.3, 0.4) is 0 Å². The van der Waals surface area contributed by atoms with Crippen molar-refractivity contribution in [3.63, 3.8) is 0 Å². The van der Waals surface area contributed by atoms with Crippen molar-refractivity contribution in [2.24, 2.45) is 0 Å². The van der Waals surface area contributed by atoms with Crippen molar-refractivity contribution in [1.29, 1.82) is 0 Å². The van der Waals surface area contributed by atoms with Crippen LogP contribution in [0.4, 0.5) is 0 Å². The van der Waals surface area contributed by atoms with E-state index in [1.807, 2.05) is 60.7 Å². The average Bonchev–Trinajstić information content (AvgIpc) is 3.19. The fraction of sp³-hybridized carbons (Fsp3) is 0.138. The number of benzene rings is 3. The number of rotatable bonds is 7. The van der Waals surface area contributed by atoms with Crippen LogP contribution in [0.2, 0.25) is 0 Å². The summed E-state index contributed by atoms with van der Waals surface area (Å²) in [6.07, 6.45) is 2.65. The minimum atomic E-state index is -0.420. The van der Waals surface area contributed by atoms with Gasteiger partial charge in [0.2, 0.25) is 0 Å². The summed E-state index contributed by atoms with van der Waals surface area (Å²) in [5, 5.41) is 5.07. The van der Waals surface area contributed by atoms with Crippen LogP contribution in [-0.2, 0) is 6.42 Å². The molecule has 1 atom stereocenters. The highest BCUT2D eigenvalue weighted by Crippen LogP contribution is 2.23. The standard InChI is InChI=1S/C29H25N5O3S/c35-26(25-22-11-5-4-10-20(22)14-16-30-25)32-33-29(38)31-21(18-19-8-2-1-3-9-19)15-17-34-27(36)23-12-6-7-13-24(23)28(34)37/h1-14,16,21H,15,17-18H2,(H,32,35)(H2,31,33,38)/t21-/m0/s1. The fourth-order valence-corrected chi connectivity index (χ4v) is 4.76. The summed E-state index contributed by atoms with van der Waals surface area (Å²) >= 11 is 5.46. The van der Waals surface area contributed by atoms with Gasteiger partial charge in [0, 0.05) is 24.2 Å². The Hall–Kier alpha value is -4.63. The number of amides is 3. The van der Waals surface area contributed by atoms with Crippen LogP contribution < -0.4 is 16.2 Å². The number of carbonyl (C=O) groups excluding carboxylic acids is 3. The first-order valence-electron chi connectivity index (χ1n) is 12.2. The van der Waals surface area contributed by atoms with E-state index in [4.69, 9.17) is 12.2 Å². The summed E-state index contributed by atoms with van der Waals surface area (Å²) in [5.41, 5.74) is 7.56. The van der Waals surface area contributed by atoms with Gasteiger partial charge >= 0.3 is 0 Å². The number of fused-ring (bicyclic) bond motifs is 2. The molecule has 2 heterocycles. The molecule has 0 aliphatic carbocycles. The second kappa shape index (κ2) is 11.2. The number of pyridine rings is 1. The molecule has 4 aromatic rings. The predicted octanol–water partition coefficient (Wildman–Crippen LogP) is 3.64. The molecule has 38 heavy (non-hydrogen) atoms. The van der Waals surface area contributed by atoms with Crippen LogP contribution in [0.15, 0.2) is 91.1 Å². The molecular formula is C29H25N5O3S. The molecule has 0 fully saturated rings. The highest BCUT2D eigenvalue weighted by atomic mass is 32.1. The first kappa shape index (κ1) is 25.0. The summed E-state index contributed by atoms with van der Waals surface area (Å²) in [6, 6.07) is 25.8. The Morgan fingerprint density at radius 3 is 2.24 bits per heavy atom. The summed E-state index contributed by atoms with van der Waals surface area (Å²) in [6.45, 7) is 0.228. The van der Waals surface area contributed by atoms with E-state index in [1.54, 1.807) is 30.5 Å². The molecule has 8 nitrogen and oxygen atoms in total. The average molecular weight is 524 g/mol. The number of hydrogen-bond acceptors (Lipinski definition) is 5. The third-order valence-corrected chi connectivity index (χ3v) is 6.64. The number of hydrogen-bond donors (Lipinski definition) is 3. The molecule has 3 amide bonds. The van der Waals surface area contributed by atoms with E-state index in [-0.39, 0.29) is 35.2 Å². The van der Waals surface area contributed by atoms with Crippen molar-refractivity contribution in [3.05, 3.63) is 114 Å². The maximum absolute atomic E-state index is 12.8. The van der Waals surface area contributed by atoms with Crippen LogP contribution in [0.1, 0.15) is 43.2 Å². The number of carbonyl (C=O) groups is 3. The molecule has 3 aromatic carbocycles. The predicted molar refractivity (Wildman–Crippen MR) is 148 cm³/mol. The fourth-order valence-electron chi connectivity index (χ4n) is 4.55. The first-order valence-corrected chi connectivity index (χ1v) is 12.6. The van der Waals surface area contributed by atoms with Gasteiger partial charge in [0.25, 0.3) is 17.7 Å². The maximum Gasteiger partial charge on any atom is 0.288 e. The lowest BCUT2D eigenvalue weighted by Gasteiger charge is -2.23. The lowest BCUT2D eigenvalue weighted by Crippen LogP contribution is -2.51. The van der Waals surface area contributed by atoms with E-state index < -0.39 is 5.91 Å². The van der Waals surface area contributed by atoms with E-state index in [9.17, 15) is 14.4 Å². The van der Waals surface area contributed by atoms with Gasteiger partial charge in [-0.25, -0.2) is 0 Å². The Balaban J connectivity index is 1.23. The highest BCUT2D eigenvalue weighted by Gasteiger charge is 2.35. The Morgan fingerprint density at radius 2 is 1.50 bits per heavy atom. The number of imide groups is 1. The number of nitrogens with zero attached hydrogens (tertiary/aromatic N) is 2. The lowest BCUT2D eigenvalue weighted by atomic mass is 10.0. The Kier molecular flexibility index (Phi) is 7.37. The zero-order valence-corrected chi connectivity index (χ0v) is 21.2. The zero-order chi connectivity index (χ0) is 26.5. The van der Waals surface area contributed by atoms with Crippen LogP contribution >= 0.6 is 12.2 Å². The van der Waals surface area contributed by atoms with Gasteiger partial charge in [0.1, 0.15) is 5.69 Å². The van der Waals surface area contributed by atoms with Gasteiger partial charge in [-0.05, 0) is 54.2 Å². The summed E-state index contributed by atoms with van der Waals surface area (Å²) in [7, 11) is 0. The first-order chi connectivity index (χ1) is 18.5. The van der Waals surface area contributed by atoms with Crippen molar-refractivity contribution < 1.29 is 14.4 Å². The van der Waals surface area contributed by atoms with Crippen LogP contribution in [0.5, 0.6) is 0 Å². The second-order valence-corrected chi connectivity index (χ2v) is 9.32.